The van der Waals surface area contributed by atoms with E-state index in [1.165, 1.54) is 18.2 Å². The first-order valence-electron chi connectivity index (χ1n) is 4.62. The molecule has 0 aliphatic rings. The van der Waals surface area contributed by atoms with Gasteiger partial charge < -0.3 is 15.3 Å². The van der Waals surface area contributed by atoms with Gasteiger partial charge in [0.15, 0.2) is 6.29 Å². The van der Waals surface area contributed by atoms with Crippen molar-refractivity contribution in [3.8, 4) is 11.8 Å². The molecule has 1 rings (SSSR count). The van der Waals surface area contributed by atoms with Gasteiger partial charge in [-0.2, -0.15) is 5.26 Å². The third-order valence-electron chi connectivity index (χ3n) is 2.22. The van der Waals surface area contributed by atoms with Gasteiger partial charge >= 0.3 is 0 Å². The molecule has 1 aromatic carbocycles. The number of carbonyl (C=O) groups is 1. The van der Waals surface area contributed by atoms with Crippen molar-refractivity contribution in [2.75, 3.05) is 0 Å². The summed E-state index contributed by atoms with van der Waals surface area (Å²) in [5.41, 5.74) is 0.0322. The van der Waals surface area contributed by atoms with E-state index in [-0.39, 0.29) is 23.3 Å². The van der Waals surface area contributed by atoms with Gasteiger partial charge in [0.05, 0.1) is 24.2 Å². The van der Waals surface area contributed by atoms with E-state index in [9.17, 15) is 20.1 Å². The molecule has 0 aliphatic heterocycles. The lowest BCUT2D eigenvalue weighted by molar-refractivity contribution is 0.0211. The van der Waals surface area contributed by atoms with Gasteiger partial charge in [0.1, 0.15) is 11.9 Å². The third kappa shape index (κ3) is 2.37. The molecular formula is C11H11NO4. The highest BCUT2D eigenvalue weighted by Gasteiger charge is 2.22. The molecule has 0 radical (unpaired) electrons. The molecule has 2 unspecified atom stereocenters. The summed E-state index contributed by atoms with van der Waals surface area (Å²) in [6.07, 6.45) is -2.51. The topological polar surface area (TPSA) is 102 Å². The Labute approximate surface area is 92.2 Å². The van der Waals surface area contributed by atoms with Crippen molar-refractivity contribution in [1.29, 1.82) is 5.26 Å². The standard InChI is InChI=1S/C11H11NO4/c12-5-4-10(15)11(16)7-2-1-3-9(14)8(7)6-13/h1-3,6,10-11,14-16H,4H2. The summed E-state index contributed by atoms with van der Waals surface area (Å²) in [5, 5.41) is 36.8. The average Bonchev–Trinajstić information content (AvgIpc) is 2.28. The van der Waals surface area contributed by atoms with Crippen LogP contribution >= 0.6 is 0 Å². The number of hydrogen-bond acceptors (Lipinski definition) is 5. The monoisotopic (exact) mass is 221 g/mol. The summed E-state index contributed by atoms with van der Waals surface area (Å²) in [7, 11) is 0. The maximum Gasteiger partial charge on any atom is 0.154 e. The van der Waals surface area contributed by atoms with Crippen LogP contribution in [0.15, 0.2) is 18.2 Å². The van der Waals surface area contributed by atoms with Gasteiger partial charge in [0.25, 0.3) is 0 Å². The van der Waals surface area contributed by atoms with Crippen molar-refractivity contribution in [3.63, 3.8) is 0 Å². The Morgan fingerprint density at radius 3 is 2.69 bits per heavy atom. The number of aliphatic hydroxyl groups excluding tert-OH is 2. The van der Waals surface area contributed by atoms with E-state index in [0.717, 1.165) is 0 Å². The molecule has 5 nitrogen and oxygen atoms in total. The van der Waals surface area contributed by atoms with Crippen molar-refractivity contribution in [2.24, 2.45) is 0 Å². The molecule has 5 heteroatoms. The van der Waals surface area contributed by atoms with Gasteiger partial charge in [0, 0.05) is 0 Å². The van der Waals surface area contributed by atoms with E-state index in [0.29, 0.717) is 6.29 Å². The fourth-order valence-electron chi connectivity index (χ4n) is 1.37. The van der Waals surface area contributed by atoms with E-state index in [1.807, 2.05) is 0 Å². The summed E-state index contributed by atoms with van der Waals surface area (Å²) in [6.45, 7) is 0. The molecule has 0 aliphatic carbocycles. The van der Waals surface area contributed by atoms with Gasteiger partial charge in [-0.15, -0.1) is 0 Å². The quantitative estimate of drug-likeness (QED) is 0.643. The van der Waals surface area contributed by atoms with Crippen LogP contribution in [0.2, 0.25) is 0 Å². The molecule has 1 aromatic rings. The summed E-state index contributed by atoms with van der Waals surface area (Å²) >= 11 is 0. The number of carbonyl (C=O) groups excluding carboxylic acids is 1. The minimum Gasteiger partial charge on any atom is -0.507 e. The van der Waals surface area contributed by atoms with Gasteiger partial charge in [-0.25, -0.2) is 0 Å². The molecule has 16 heavy (non-hydrogen) atoms. The second-order valence-corrected chi connectivity index (χ2v) is 3.27. The lowest BCUT2D eigenvalue weighted by atomic mass is 9.97. The first-order chi connectivity index (χ1) is 7.61. The van der Waals surface area contributed by atoms with E-state index < -0.39 is 12.2 Å². The first-order valence-corrected chi connectivity index (χ1v) is 4.62. The molecule has 0 spiro atoms. The largest absolute Gasteiger partial charge is 0.507 e. The molecule has 84 valence electrons. The number of phenols is 1. The Hall–Kier alpha value is -1.90. The van der Waals surface area contributed by atoms with E-state index >= 15 is 0 Å². The van der Waals surface area contributed by atoms with Crippen LogP contribution in [0.3, 0.4) is 0 Å². The van der Waals surface area contributed by atoms with E-state index in [4.69, 9.17) is 5.26 Å². The highest BCUT2D eigenvalue weighted by atomic mass is 16.3. The first kappa shape index (κ1) is 12.2. The number of aldehydes is 1. The number of benzene rings is 1. The van der Waals surface area contributed by atoms with Crippen LogP contribution in [0.4, 0.5) is 0 Å². The minimum atomic E-state index is -1.37. The maximum atomic E-state index is 10.7. The Balaban J connectivity index is 3.08. The number of nitriles is 1. The molecule has 2 atom stereocenters. The van der Waals surface area contributed by atoms with Crippen LogP contribution in [0.25, 0.3) is 0 Å². The number of hydrogen-bond donors (Lipinski definition) is 3. The zero-order valence-corrected chi connectivity index (χ0v) is 8.37. The molecule has 0 saturated carbocycles. The number of aromatic hydroxyl groups is 1. The SMILES string of the molecule is N#CCC(O)C(O)c1cccc(O)c1C=O. The fraction of sp³-hybridized carbons (Fsp3) is 0.273. The molecule has 0 fully saturated rings. The summed E-state index contributed by atoms with van der Waals surface area (Å²) < 4.78 is 0. The fourth-order valence-corrected chi connectivity index (χ4v) is 1.37. The molecule has 0 amide bonds. The van der Waals surface area contributed by atoms with Crippen molar-refractivity contribution in [2.45, 2.75) is 18.6 Å². The highest BCUT2D eigenvalue weighted by molar-refractivity contribution is 5.81. The van der Waals surface area contributed by atoms with Crippen LogP contribution < -0.4 is 0 Å². The summed E-state index contributed by atoms with van der Waals surface area (Å²) in [6, 6.07) is 5.87. The van der Waals surface area contributed by atoms with E-state index in [1.54, 1.807) is 6.07 Å². The van der Waals surface area contributed by atoms with Crippen LogP contribution in [0.1, 0.15) is 28.4 Å². The zero-order chi connectivity index (χ0) is 12.1. The smallest absolute Gasteiger partial charge is 0.154 e. The predicted octanol–water partition coefficient (Wildman–Crippen LogP) is 0.513. The van der Waals surface area contributed by atoms with Gasteiger partial charge in [-0.1, -0.05) is 12.1 Å². The van der Waals surface area contributed by atoms with Crippen LogP contribution in [0.5, 0.6) is 5.75 Å². The summed E-state index contributed by atoms with van der Waals surface area (Å²) in [4.78, 5) is 10.7. The number of aliphatic hydroxyl groups is 2. The maximum absolute atomic E-state index is 10.7. The molecule has 3 N–H and O–H groups in total. The molecule has 0 aromatic heterocycles. The van der Waals surface area contributed by atoms with Crippen LogP contribution in [-0.4, -0.2) is 27.7 Å². The number of rotatable bonds is 4. The Bertz CT molecular complexity index is 424. The molecule has 0 bridgehead atoms. The molecular weight excluding hydrogens is 210 g/mol. The lowest BCUT2D eigenvalue weighted by Crippen LogP contribution is -2.18. The minimum absolute atomic E-state index is 0.0769. The summed E-state index contributed by atoms with van der Waals surface area (Å²) in [5.74, 6) is -0.268. The van der Waals surface area contributed by atoms with Gasteiger partial charge in [0.2, 0.25) is 0 Å². The normalized spacial score (nSPS) is 13.8. The van der Waals surface area contributed by atoms with E-state index in [2.05, 4.69) is 0 Å². The Morgan fingerprint density at radius 1 is 1.44 bits per heavy atom. The van der Waals surface area contributed by atoms with Crippen molar-refractivity contribution in [3.05, 3.63) is 29.3 Å². The van der Waals surface area contributed by atoms with Gasteiger partial charge in [-0.05, 0) is 11.6 Å². The Kier molecular flexibility index (Phi) is 4.00. The second kappa shape index (κ2) is 5.26. The van der Waals surface area contributed by atoms with Crippen LogP contribution in [-0.2, 0) is 0 Å². The zero-order valence-electron chi connectivity index (χ0n) is 8.37. The van der Waals surface area contributed by atoms with Gasteiger partial charge in [-0.3, -0.25) is 4.79 Å². The van der Waals surface area contributed by atoms with Crippen molar-refractivity contribution < 1.29 is 20.1 Å². The second-order valence-electron chi connectivity index (χ2n) is 3.27. The number of nitrogens with zero attached hydrogens (tertiary/aromatic N) is 1. The Morgan fingerprint density at radius 2 is 2.12 bits per heavy atom. The van der Waals surface area contributed by atoms with Crippen molar-refractivity contribution >= 4 is 6.29 Å². The average molecular weight is 221 g/mol. The number of phenolic OH excluding ortho intramolecular Hbond substituents is 1. The highest BCUT2D eigenvalue weighted by Crippen LogP contribution is 2.27. The third-order valence-corrected chi connectivity index (χ3v) is 2.22. The molecule has 0 saturated heterocycles. The van der Waals surface area contributed by atoms with Crippen molar-refractivity contribution in [1.82, 2.24) is 0 Å². The predicted molar refractivity (Wildman–Crippen MR) is 54.7 cm³/mol. The van der Waals surface area contributed by atoms with Crippen LogP contribution in [0, 0.1) is 11.3 Å². The molecule has 0 heterocycles. The lowest BCUT2D eigenvalue weighted by Gasteiger charge is -2.17.